The van der Waals surface area contributed by atoms with Gasteiger partial charge in [0.2, 0.25) is 15.9 Å². The summed E-state index contributed by atoms with van der Waals surface area (Å²) >= 11 is 0. The number of ether oxygens (including phenoxy) is 3. The van der Waals surface area contributed by atoms with Gasteiger partial charge >= 0.3 is 0 Å². The number of hydrogen-bond donors (Lipinski definition) is 1. The SMILES string of the molecule is COc1ccc(S(=O)(=O)N2CCC(C(=O)NCCc3ccc(OC)c(OC)c3)CC2)cc1C. The lowest BCUT2D eigenvalue weighted by Crippen LogP contribution is -2.43. The first-order chi connectivity index (χ1) is 15.8. The average Bonchev–Trinajstić information content (AvgIpc) is 2.83. The van der Waals surface area contributed by atoms with E-state index in [9.17, 15) is 13.2 Å². The van der Waals surface area contributed by atoms with Crippen LogP contribution in [0, 0.1) is 12.8 Å². The van der Waals surface area contributed by atoms with Gasteiger partial charge in [0, 0.05) is 25.6 Å². The van der Waals surface area contributed by atoms with Crippen molar-refractivity contribution in [2.75, 3.05) is 41.0 Å². The zero-order valence-corrected chi connectivity index (χ0v) is 20.4. The Labute approximate surface area is 195 Å². The summed E-state index contributed by atoms with van der Waals surface area (Å²) in [5.74, 6) is 1.74. The van der Waals surface area contributed by atoms with Crippen LogP contribution in [-0.4, -0.2) is 59.6 Å². The van der Waals surface area contributed by atoms with Crippen molar-refractivity contribution >= 4 is 15.9 Å². The van der Waals surface area contributed by atoms with Gasteiger partial charge in [0.05, 0.1) is 26.2 Å². The van der Waals surface area contributed by atoms with E-state index in [2.05, 4.69) is 5.32 Å². The minimum Gasteiger partial charge on any atom is -0.496 e. The van der Waals surface area contributed by atoms with Crippen LogP contribution < -0.4 is 19.5 Å². The summed E-state index contributed by atoms with van der Waals surface area (Å²) in [6, 6.07) is 10.5. The Hall–Kier alpha value is -2.78. The van der Waals surface area contributed by atoms with E-state index in [0.29, 0.717) is 56.1 Å². The lowest BCUT2D eigenvalue weighted by molar-refractivity contribution is -0.126. The number of benzene rings is 2. The van der Waals surface area contributed by atoms with Crippen LogP contribution >= 0.6 is 0 Å². The smallest absolute Gasteiger partial charge is 0.243 e. The molecular formula is C24H32N2O6S. The van der Waals surface area contributed by atoms with Crippen LogP contribution in [0.3, 0.4) is 0 Å². The topological polar surface area (TPSA) is 94.2 Å². The zero-order valence-electron chi connectivity index (χ0n) is 19.6. The van der Waals surface area contributed by atoms with E-state index in [0.717, 1.165) is 11.1 Å². The number of hydrogen-bond acceptors (Lipinski definition) is 6. The normalized spacial score (nSPS) is 15.2. The minimum atomic E-state index is -3.60. The van der Waals surface area contributed by atoms with Gasteiger partial charge in [-0.2, -0.15) is 4.31 Å². The van der Waals surface area contributed by atoms with E-state index in [-0.39, 0.29) is 16.7 Å². The molecule has 33 heavy (non-hydrogen) atoms. The molecule has 2 aromatic carbocycles. The Balaban J connectivity index is 1.51. The van der Waals surface area contributed by atoms with Crippen molar-refractivity contribution in [3.8, 4) is 17.2 Å². The highest BCUT2D eigenvalue weighted by Gasteiger charge is 2.32. The molecule has 0 spiro atoms. The molecule has 0 atom stereocenters. The van der Waals surface area contributed by atoms with Gasteiger partial charge in [-0.25, -0.2) is 8.42 Å². The maximum absolute atomic E-state index is 13.0. The highest BCUT2D eigenvalue weighted by atomic mass is 32.2. The molecule has 0 aromatic heterocycles. The summed E-state index contributed by atoms with van der Waals surface area (Å²) in [5.41, 5.74) is 1.80. The third-order valence-corrected chi connectivity index (χ3v) is 7.88. The highest BCUT2D eigenvalue weighted by Crippen LogP contribution is 2.28. The van der Waals surface area contributed by atoms with Crippen molar-refractivity contribution in [1.29, 1.82) is 0 Å². The number of piperidine rings is 1. The maximum atomic E-state index is 13.0. The Bertz CT molecular complexity index is 1080. The molecule has 0 saturated carbocycles. The predicted octanol–water partition coefficient (Wildman–Crippen LogP) is 2.78. The number of amides is 1. The second-order valence-corrected chi connectivity index (χ2v) is 9.98. The summed E-state index contributed by atoms with van der Waals surface area (Å²) in [5, 5.41) is 2.98. The molecule has 1 N–H and O–H groups in total. The van der Waals surface area contributed by atoms with Gasteiger partial charge in [0.25, 0.3) is 0 Å². The van der Waals surface area contributed by atoms with E-state index in [4.69, 9.17) is 14.2 Å². The van der Waals surface area contributed by atoms with Gasteiger partial charge in [-0.1, -0.05) is 6.07 Å². The molecule has 0 aliphatic carbocycles. The Kier molecular flexibility index (Phi) is 8.20. The molecule has 2 aromatic rings. The largest absolute Gasteiger partial charge is 0.496 e. The Morgan fingerprint density at radius 1 is 0.970 bits per heavy atom. The second kappa shape index (κ2) is 10.9. The molecule has 0 bridgehead atoms. The number of sulfonamides is 1. The lowest BCUT2D eigenvalue weighted by Gasteiger charge is -2.30. The van der Waals surface area contributed by atoms with Crippen LogP contribution in [-0.2, 0) is 21.2 Å². The molecular weight excluding hydrogens is 444 g/mol. The first-order valence-electron chi connectivity index (χ1n) is 10.9. The quantitative estimate of drug-likeness (QED) is 0.598. The number of nitrogens with one attached hydrogen (secondary N) is 1. The van der Waals surface area contributed by atoms with Crippen LogP contribution in [0.4, 0.5) is 0 Å². The molecule has 8 nitrogen and oxygen atoms in total. The van der Waals surface area contributed by atoms with Crippen molar-refractivity contribution in [3.63, 3.8) is 0 Å². The molecule has 180 valence electrons. The van der Waals surface area contributed by atoms with E-state index >= 15 is 0 Å². The number of carbonyl (C=O) groups is 1. The number of rotatable bonds is 9. The minimum absolute atomic E-state index is 0.0344. The summed E-state index contributed by atoms with van der Waals surface area (Å²) in [6.45, 7) is 2.96. The number of methoxy groups -OCH3 is 3. The zero-order chi connectivity index (χ0) is 24.0. The van der Waals surface area contributed by atoms with Gasteiger partial charge in [0.1, 0.15) is 5.75 Å². The van der Waals surface area contributed by atoms with Crippen LogP contribution in [0.5, 0.6) is 17.2 Å². The van der Waals surface area contributed by atoms with E-state index in [1.165, 1.54) is 4.31 Å². The lowest BCUT2D eigenvalue weighted by atomic mass is 9.97. The second-order valence-electron chi connectivity index (χ2n) is 8.04. The van der Waals surface area contributed by atoms with Crippen molar-refractivity contribution in [3.05, 3.63) is 47.5 Å². The summed E-state index contributed by atoms with van der Waals surface area (Å²) in [7, 11) is 1.13. The average molecular weight is 477 g/mol. The third-order valence-electron chi connectivity index (χ3n) is 5.99. The standard InChI is InChI=1S/C24H32N2O6S/c1-17-15-20(6-8-21(17)30-2)33(28,29)26-13-10-19(11-14-26)24(27)25-12-9-18-5-7-22(31-3)23(16-18)32-4/h5-8,15-16,19H,9-14H2,1-4H3,(H,25,27). The fourth-order valence-corrected chi connectivity index (χ4v) is 5.58. The number of carbonyl (C=O) groups excluding carboxylic acids is 1. The van der Waals surface area contributed by atoms with Crippen LogP contribution in [0.1, 0.15) is 24.0 Å². The van der Waals surface area contributed by atoms with Crippen LogP contribution in [0.25, 0.3) is 0 Å². The summed E-state index contributed by atoms with van der Waals surface area (Å²) in [6.07, 6.45) is 1.66. The Morgan fingerprint density at radius 3 is 2.21 bits per heavy atom. The van der Waals surface area contributed by atoms with Gasteiger partial charge < -0.3 is 19.5 Å². The summed E-state index contributed by atoms with van der Waals surface area (Å²) < 4.78 is 43.2. The van der Waals surface area contributed by atoms with Crippen molar-refractivity contribution in [2.24, 2.45) is 5.92 Å². The molecule has 0 radical (unpaired) electrons. The van der Waals surface area contributed by atoms with Crippen LogP contribution in [0.15, 0.2) is 41.3 Å². The molecule has 1 heterocycles. The Morgan fingerprint density at radius 2 is 1.61 bits per heavy atom. The number of aryl methyl sites for hydroxylation is 1. The first kappa shape index (κ1) is 24.9. The molecule has 0 unspecified atom stereocenters. The monoisotopic (exact) mass is 476 g/mol. The van der Waals surface area contributed by atoms with E-state index in [1.807, 2.05) is 25.1 Å². The maximum Gasteiger partial charge on any atom is 0.243 e. The molecule has 1 saturated heterocycles. The molecule has 9 heteroatoms. The van der Waals surface area contributed by atoms with Gasteiger partial charge in [-0.3, -0.25) is 4.79 Å². The van der Waals surface area contributed by atoms with Crippen LogP contribution in [0.2, 0.25) is 0 Å². The molecule has 1 aliphatic rings. The first-order valence-corrected chi connectivity index (χ1v) is 12.4. The van der Waals surface area contributed by atoms with Crippen molar-refractivity contribution in [2.45, 2.75) is 31.1 Å². The van der Waals surface area contributed by atoms with Gasteiger partial charge in [0.15, 0.2) is 11.5 Å². The molecule has 1 aliphatic heterocycles. The predicted molar refractivity (Wildman–Crippen MR) is 125 cm³/mol. The third kappa shape index (κ3) is 5.78. The van der Waals surface area contributed by atoms with Crippen molar-refractivity contribution < 1.29 is 27.4 Å². The fraction of sp³-hybridized carbons (Fsp3) is 0.458. The van der Waals surface area contributed by atoms with Gasteiger partial charge in [-0.05, 0) is 67.6 Å². The molecule has 1 amide bonds. The van der Waals surface area contributed by atoms with E-state index < -0.39 is 10.0 Å². The fourth-order valence-electron chi connectivity index (χ4n) is 4.03. The molecule has 1 fully saturated rings. The van der Waals surface area contributed by atoms with Gasteiger partial charge in [-0.15, -0.1) is 0 Å². The highest BCUT2D eigenvalue weighted by molar-refractivity contribution is 7.89. The number of nitrogens with zero attached hydrogens (tertiary/aromatic N) is 1. The summed E-state index contributed by atoms with van der Waals surface area (Å²) in [4.78, 5) is 12.9. The van der Waals surface area contributed by atoms with Crippen molar-refractivity contribution in [1.82, 2.24) is 9.62 Å². The van der Waals surface area contributed by atoms with E-state index in [1.54, 1.807) is 39.5 Å². The molecule has 3 rings (SSSR count).